The second-order valence-electron chi connectivity index (χ2n) is 5.46. The van der Waals surface area contributed by atoms with Crippen LogP contribution in [0.2, 0.25) is 0 Å². The summed E-state index contributed by atoms with van der Waals surface area (Å²) in [6, 6.07) is 8.51. The molecule has 0 aliphatic carbocycles. The van der Waals surface area contributed by atoms with Gasteiger partial charge < -0.3 is 10.6 Å². The molecule has 2 aromatic rings. The van der Waals surface area contributed by atoms with Crippen LogP contribution in [0, 0.1) is 6.92 Å². The van der Waals surface area contributed by atoms with Gasteiger partial charge in [0.25, 0.3) is 0 Å². The van der Waals surface area contributed by atoms with Crippen LogP contribution in [0.1, 0.15) is 30.5 Å². The van der Waals surface area contributed by atoms with Gasteiger partial charge in [-0.2, -0.15) is 5.10 Å². The Balaban J connectivity index is 1.89. The quantitative estimate of drug-likeness (QED) is 0.937. The first kappa shape index (κ1) is 13.7. The highest BCUT2D eigenvalue weighted by Crippen LogP contribution is 2.30. The van der Waals surface area contributed by atoms with Crippen LogP contribution in [0.3, 0.4) is 0 Å². The molecule has 1 atom stereocenters. The molecule has 2 heterocycles. The monoisotopic (exact) mass is 283 g/mol. The van der Waals surface area contributed by atoms with Crippen molar-refractivity contribution < 1.29 is 0 Å². The number of nitrogens with two attached hydrogens (primary N) is 1. The summed E-state index contributed by atoms with van der Waals surface area (Å²) in [7, 11) is 0. The van der Waals surface area contributed by atoms with Crippen LogP contribution in [0.5, 0.6) is 0 Å². The molecule has 2 N–H and O–H groups in total. The molecule has 110 valence electrons. The predicted octanol–water partition coefficient (Wildman–Crippen LogP) is 2.48. The first-order chi connectivity index (χ1) is 10.2. The number of benzene rings is 1. The number of rotatable bonds is 4. The van der Waals surface area contributed by atoms with Crippen molar-refractivity contribution in [2.45, 2.75) is 32.9 Å². The summed E-state index contributed by atoms with van der Waals surface area (Å²) < 4.78 is 1.98. The van der Waals surface area contributed by atoms with Gasteiger partial charge in [-0.1, -0.05) is 24.6 Å². The highest BCUT2D eigenvalue weighted by molar-refractivity contribution is 5.97. The van der Waals surface area contributed by atoms with E-state index >= 15 is 0 Å². The van der Waals surface area contributed by atoms with E-state index in [4.69, 9.17) is 5.73 Å². The van der Waals surface area contributed by atoms with Crippen molar-refractivity contribution >= 4 is 11.6 Å². The molecule has 21 heavy (non-hydrogen) atoms. The maximum Gasteiger partial charge on any atom is 0.196 e. The molecular formula is C16H21N5. The van der Waals surface area contributed by atoms with Crippen molar-refractivity contribution in [2.24, 2.45) is 10.7 Å². The first-order valence-electron chi connectivity index (χ1n) is 7.37. The van der Waals surface area contributed by atoms with E-state index < -0.39 is 0 Å². The number of nitrogens with zero attached hydrogens (tertiary/aromatic N) is 4. The third-order valence-corrected chi connectivity index (χ3v) is 3.79. The highest BCUT2D eigenvalue weighted by atomic mass is 15.3. The number of aromatic nitrogens is 2. The SMILES string of the molecule is CCCn1cc(C2CN=C(N)N2c2ccc(C)cc2)cn1. The van der Waals surface area contributed by atoms with E-state index in [-0.39, 0.29) is 6.04 Å². The van der Waals surface area contributed by atoms with Crippen molar-refractivity contribution in [3.05, 3.63) is 47.8 Å². The van der Waals surface area contributed by atoms with Crippen molar-refractivity contribution in [2.75, 3.05) is 11.4 Å². The van der Waals surface area contributed by atoms with Crippen molar-refractivity contribution in [1.82, 2.24) is 9.78 Å². The number of aryl methyl sites for hydroxylation is 2. The fraction of sp³-hybridized carbons (Fsp3) is 0.375. The third kappa shape index (κ3) is 2.63. The van der Waals surface area contributed by atoms with Gasteiger partial charge in [0.2, 0.25) is 0 Å². The van der Waals surface area contributed by atoms with E-state index in [9.17, 15) is 0 Å². The normalized spacial score (nSPS) is 18.1. The highest BCUT2D eigenvalue weighted by Gasteiger charge is 2.29. The molecule has 0 saturated carbocycles. The summed E-state index contributed by atoms with van der Waals surface area (Å²) in [5.41, 5.74) is 9.56. The van der Waals surface area contributed by atoms with Gasteiger partial charge in [-0.25, -0.2) is 0 Å². The Morgan fingerprint density at radius 3 is 2.76 bits per heavy atom. The molecule has 0 spiro atoms. The Morgan fingerprint density at radius 2 is 2.05 bits per heavy atom. The topological polar surface area (TPSA) is 59.4 Å². The third-order valence-electron chi connectivity index (χ3n) is 3.79. The number of aliphatic imine (C=N–C) groups is 1. The van der Waals surface area contributed by atoms with Crippen LogP contribution in [-0.4, -0.2) is 22.3 Å². The van der Waals surface area contributed by atoms with Gasteiger partial charge in [0, 0.05) is 24.0 Å². The predicted molar refractivity (Wildman–Crippen MR) is 85.4 cm³/mol. The molecule has 1 unspecified atom stereocenters. The lowest BCUT2D eigenvalue weighted by molar-refractivity contribution is 0.601. The minimum atomic E-state index is 0.137. The number of hydrogen-bond acceptors (Lipinski definition) is 4. The lowest BCUT2D eigenvalue weighted by atomic mass is 10.1. The lowest BCUT2D eigenvalue weighted by Gasteiger charge is -2.25. The van der Waals surface area contributed by atoms with Gasteiger partial charge in [0.05, 0.1) is 18.8 Å². The average Bonchev–Trinajstić information content (AvgIpc) is 3.07. The van der Waals surface area contributed by atoms with Gasteiger partial charge in [0.1, 0.15) is 0 Å². The van der Waals surface area contributed by atoms with Crippen LogP contribution in [0.4, 0.5) is 5.69 Å². The second-order valence-corrected chi connectivity index (χ2v) is 5.46. The van der Waals surface area contributed by atoms with E-state index in [2.05, 4.69) is 59.3 Å². The number of hydrogen-bond donors (Lipinski definition) is 1. The lowest BCUT2D eigenvalue weighted by Crippen LogP contribution is -2.36. The Morgan fingerprint density at radius 1 is 1.29 bits per heavy atom. The molecule has 0 radical (unpaired) electrons. The van der Waals surface area contributed by atoms with Gasteiger partial charge in [0.15, 0.2) is 5.96 Å². The molecule has 0 amide bonds. The fourth-order valence-corrected chi connectivity index (χ4v) is 2.67. The molecule has 1 aliphatic heterocycles. The maximum absolute atomic E-state index is 6.09. The van der Waals surface area contributed by atoms with E-state index in [1.807, 2.05) is 10.9 Å². The average molecular weight is 283 g/mol. The summed E-state index contributed by atoms with van der Waals surface area (Å²) in [6.07, 6.45) is 5.10. The molecule has 0 fully saturated rings. The minimum absolute atomic E-state index is 0.137. The minimum Gasteiger partial charge on any atom is -0.369 e. The summed E-state index contributed by atoms with van der Waals surface area (Å²) >= 11 is 0. The Hall–Kier alpha value is -2.30. The number of guanidine groups is 1. The molecule has 1 aromatic carbocycles. The largest absolute Gasteiger partial charge is 0.369 e. The smallest absolute Gasteiger partial charge is 0.196 e. The molecule has 0 saturated heterocycles. The van der Waals surface area contributed by atoms with Crippen LogP contribution >= 0.6 is 0 Å². The van der Waals surface area contributed by atoms with Crippen LogP contribution in [0.15, 0.2) is 41.7 Å². The van der Waals surface area contributed by atoms with Crippen LogP contribution in [-0.2, 0) is 6.54 Å². The zero-order valence-corrected chi connectivity index (χ0v) is 12.5. The Bertz CT molecular complexity index is 641. The second kappa shape index (κ2) is 5.60. The Kier molecular flexibility index (Phi) is 3.64. The van der Waals surface area contributed by atoms with Gasteiger partial charge >= 0.3 is 0 Å². The molecule has 3 rings (SSSR count). The van der Waals surface area contributed by atoms with Gasteiger partial charge in [-0.3, -0.25) is 9.67 Å². The van der Waals surface area contributed by atoms with E-state index in [0.717, 1.165) is 24.2 Å². The summed E-state index contributed by atoms with van der Waals surface area (Å²) in [4.78, 5) is 6.50. The molecule has 1 aromatic heterocycles. The summed E-state index contributed by atoms with van der Waals surface area (Å²) in [5, 5.41) is 4.42. The van der Waals surface area contributed by atoms with E-state index in [1.54, 1.807) is 0 Å². The molecular weight excluding hydrogens is 262 g/mol. The van der Waals surface area contributed by atoms with Gasteiger partial charge in [-0.15, -0.1) is 0 Å². The first-order valence-corrected chi connectivity index (χ1v) is 7.37. The van der Waals surface area contributed by atoms with Crippen LogP contribution < -0.4 is 10.6 Å². The van der Waals surface area contributed by atoms with Crippen molar-refractivity contribution in [1.29, 1.82) is 0 Å². The zero-order chi connectivity index (χ0) is 14.8. The van der Waals surface area contributed by atoms with Crippen LogP contribution in [0.25, 0.3) is 0 Å². The molecule has 5 nitrogen and oxygen atoms in total. The van der Waals surface area contributed by atoms with E-state index in [1.165, 1.54) is 5.56 Å². The fourth-order valence-electron chi connectivity index (χ4n) is 2.67. The maximum atomic E-state index is 6.09. The van der Waals surface area contributed by atoms with Crippen molar-refractivity contribution in [3.63, 3.8) is 0 Å². The zero-order valence-electron chi connectivity index (χ0n) is 12.5. The van der Waals surface area contributed by atoms with Gasteiger partial charge in [-0.05, 0) is 25.5 Å². The number of anilines is 1. The summed E-state index contributed by atoms with van der Waals surface area (Å²) in [5.74, 6) is 0.576. The van der Waals surface area contributed by atoms with E-state index in [0.29, 0.717) is 12.5 Å². The Labute approximate surface area is 125 Å². The molecule has 1 aliphatic rings. The molecule has 0 bridgehead atoms. The molecule has 5 heteroatoms. The summed E-state index contributed by atoms with van der Waals surface area (Å²) in [6.45, 7) is 5.85. The standard InChI is InChI=1S/C16H21N5/c1-3-8-20-11-13(9-19-20)15-10-18-16(17)21(15)14-6-4-12(2)5-7-14/h4-7,9,11,15H,3,8,10H2,1-2H3,(H2,17,18). The van der Waals surface area contributed by atoms with Crippen molar-refractivity contribution in [3.8, 4) is 0 Å².